The molecule has 2 saturated heterocycles. The summed E-state index contributed by atoms with van der Waals surface area (Å²) in [5.41, 5.74) is 1.37. The molecule has 1 N–H and O–H groups in total. The van der Waals surface area contributed by atoms with Crippen LogP contribution in [0.25, 0.3) is 0 Å². The standard InChI is InChI=1S/C17H21ClN2O4/c1-11-14(3-2-4-15(11)18)17(23)20-6-12-5-19(8-16(21)22)7-13(20)10-24-9-12/h2-4,12-13H,5-10H2,1H3,(H,21,22)/t12-,13-/m0/s1. The normalized spacial score (nSPS) is 24.5. The lowest BCUT2D eigenvalue weighted by Gasteiger charge is -2.31. The fourth-order valence-corrected chi connectivity index (χ4v) is 3.68. The molecule has 130 valence electrons. The Morgan fingerprint density at radius 3 is 2.83 bits per heavy atom. The van der Waals surface area contributed by atoms with Crippen molar-refractivity contribution in [3.63, 3.8) is 0 Å². The van der Waals surface area contributed by atoms with Crippen molar-refractivity contribution in [1.29, 1.82) is 0 Å². The first-order valence-corrected chi connectivity index (χ1v) is 8.41. The van der Waals surface area contributed by atoms with Gasteiger partial charge in [-0.15, -0.1) is 0 Å². The van der Waals surface area contributed by atoms with Crippen molar-refractivity contribution in [2.45, 2.75) is 13.0 Å². The minimum atomic E-state index is -0.848. The van der Waals surface area contributed by atoms with Crippen LogP contribution >= 0.6 is 11.6 Å². The number of halogens is 1. The molecule has 6 nitrogen and oxygen atoms in total. The van der Waals surface area contributed by atoms with Gasteiger partial charge in [0, 0.05) is 36.1 Å². The minimum Gasteiger partial charge on any atom is -0.480 e. The van der Waals surface area contributed by atoms with Crippen molar-refractivity contribution in [2.24, 2.45) is 5.92 Å². The zero-order chi connectivity index (χ0) is 17.3. The number of carbonyl (C=O) groups is 2. The van der Waals surface area contributed by atoms with Gasteiger partial charge >= 0.3 is 5.97 Å². The van der Waals surface area contributed by atoms with Gasteiger partial charge in [0.15, 0.2) is 0 Å². The molecule has 2 bridgehead atoms. The molecule has 0 saturated carbocycles. The molecule has 0 radical (unpaired) electrons. The summed E-state index contributed by atoms with van der Waals surface area (Å²) in [6, 6.07) is 5.18. The zero-order valence-corrected chi connectivity index (χ0v) is 14.3. The Labute approximate surface area is 145 Å². The Bertz CT molecular complexity index is 651. The van der Waals surface area contributed by atoms with Crippen molar-refractivity contribution in [1.82, 2.24) is 9.80 Å². The second-order valence-corrected chi connectivity index (χ2v) is 6.92. The highest BCUT2D eigenvalue weighted by Gasteiger charge is 2.37. The van der Waals surface area contributed by atoms with E-state index in [1.165, 1.54) is 0 Å². The molecule has 0 aromatic heterocycles. The van der Waals surface area contributed by atoms with Crippen LogP contribution < -0.4 is 0 Å². The van der Waals surface area contributed by atoms with Gasteiger partial charge in [0.1, 0.15) is 0 Å². The molecule has 0 aliphatic carbocycles. The van der Waals surface area contributed by atoms with Crippen molar-refractivity contribution in [3.05, 3.63) is 34.3 Å². The summed E-state index contributed by atoms with van der Waals surface area (Å²) in [5.74, 6) is -0.799. The van der Waals surface area contributed by atoms with Crippen LogP contribution in [0, 0.1) is 12.8 Å². The smallest absolute Gasteiger partial charge is 0.317 e. The number of rotatable bonds is 3. The van der Waals surface area contributed by atoms with Crippen LogP contribution in [0.15, 0.2) is 18.2 Å². The average Bonchev–Trinajstić information content (AvgIpc) is 2.79. The van der Waals surface area contributed by atoms with Gasteiger partial charge in [0.25, 0.3) is 5.91 Å². The van der Waals surface area contributed by atoms with Gasteiger partial charge in [-0.05, 0) is 24.6 Å². The summed E-state index contributed by atoms with van der Waals surface area (Å²) >= 11 is 6.15. The third-order valence-electron chi connectivity index (χ3n) is 4.66. The maximum absolute atomic E-state index is 13.1. The molecule has 1 amide bonds. The van der Waals surface area contributed by atoms with Crippen molar-refractivity contribution < 1.29 is 19.4 Å². The van der Waals surface area contributed by atoms with E-state index >= 15 is 0 Å². The van der Waals surface area contributed by atoms with E-state index in [1.54, 1.807) is 18.2 Å². The highest BCUT2D eigenvalue weighted by atomic mass is 35.5. The van der Waals surface area contributed by atoms with Crippen molar-refractivity contribution >= 4 is 23.5 Å². The number of ether oxygens (including phenoxy) is 1. The summed E-state index contributed by atoms with van der Waals surface area (Å²) < 4.78 is 5.69. The van der Waals surface area contributed by atoms with Crippen molar-refractivity contribution in [3.8, 4) is 0 Å². The topological polar surface area (TPSA) is 70.1 Å². The van der Waals surface area contributed by atoms with Crippen LogP contribution in [0.5, 0.6) is 0 Å². The predicted molar refractivity (Wildman–Crippen MR) is 89.4 cm³/mol. The molecule has 1 aromatic rings. The Morgan fingerprint density at radius 2 is 2.08 bits per heavy atom. The van der Waals surface area contributed by atoms with E-state index in [1.807, 2.05) is 16.7 Å². The summed E-state index contributed by atoms with van der Waals surface area (Å²) in [5, 5.41) is 9.64. The molecule has 24 heavy (non-hydrogen) atoms. The molecule has 0 spiro atoms. The van der Waals surface area contributed by atoms with E-state index in [2.05, 4.69) is 0 Å². The van der Waals surface area contributed by atoms with E-state index < -0.39 is 5.97 Å². The van der Waals surface area contributed by atoms with Crippen LogP contribution in [-0.4, -0.2) is 72.2 Å². The Kier molecular flexibility index (Phi) is 5.08. The average molecular weight is 353 g/mol. The number of carboxylic acids is 1. The molecule has 2 fully saturated rings. The molecule has 1 aromatic carbocycles. The number of nitrogens with zero attached hydrogens (tertiary/aromatic N) is 2. The van der Waals surface area contributed by atoms with E-state index in [4.69, 9.17) is 21.4 Å². The van der Waals surface area contributed by atoms with E-state index in [9.17, 15) is 9.59 Å². The number of aliphatic carboxylic acids is 1. The van der Waals surface area contributed by atoms with Gasteiger partial charge in [0.05, 0.1) is 25.8 Å². The molecule has 2 atom stereocenters. The molecule has 3 rings (SSSR count). The predicted octanol–water partition coefficient (Wildman–Crippen LogP) is 1.51. The maximum atomic E-state index is 13.1. The number of carbonyl (C=O) groups excluding carboxylic acids is 1. The molecular weight excluding hydrogens is 332 g/mol. The summed E-state index contributed by atoms with van der Waals surface area (Å²) in [7, 11) is 0. The number of hydrogen-bond donors (Lipinski definition) is 1. The Balaban J connectivity index is 1.86. The van der Waals surface area contributed by atoms with Crippen LogP contribution in [0.3, 0.4) is 0 Å². The lowest BCUT2D eigenvalue weighted by molar-refractivity contribution is -0.138. The molecular formula is C17H21ClN2O4. The number of hydrogen-bond acceptors (Lipinski definition) is 4. The molecule has 0 unspecified atom stereocenters. The second kappa shape index (κ2) is 7.09. The van der Waals surface area contributed by atoms with Gasteiger partial charge in [0.2, 0.25) is 0 Å². The monoisotopic (exact) mass is 352 g/mol. The molecule has 2 heterocycles. The van der Waals surface area contributed by atoms with E-state index in [0.717, 1.165) is 5.56 Å². The zero-order valence-electron chi connectivity index (χ0n) is 13.6. The van der Waals surface area contributed by atoms with Crippen LogP contribution in [-0.2, 0) is 9.53 Å². The number of amides is 1. The fourth-order valence-electron chi connectivity index (χ4n) is 3.50. The van der Waals surface area contributed by atoms with Gasteiger partial charge < -0.3 is 14.7 Å². The van der Waals surface area contributed by atoms with Gasteiger partial charge in [-0.3, -0.25) is 14.5 Å². The van der Waals surface area contributed by atoms with E-state index in [0.29, 0.717) is 43.4 Å². The molecule has 7 heteroatoms. The van der Waals surface area contributed by atoms with Crippen LogP contribution in [0.1, 0.15) is 15.9 Å². The third kappa shape index (κ3) is 3.55. The Morgan fingerprint density at radius 1 is 1.29 bits per heavy atom. The Hall–Kier alpha value is -1.63. The summed E-state index contributed by atoms with van der Waals surface area (Å²) in [6.45, 7) is 4.52. The first kappa shape index (κ1) is 17.2. The number of fused-ring (bicyclic) bond motifs is 3. The van der Waals surface area contributed by atoms with Gasteiger partial charge in [-0.25, -0.2) is 0 Å². The minimum absolute atomic E-state index is 0.00871. The highest BCUT2D eigenvalue weighted by Crippen LogP contribution is 2.25. The lowest BCUT2D eigenvalue weighted by atomic mass is 10.1. The van der Waals surface area contributed by atoms with Crippen LogP contribution in [0.2, 0.25) is 5.02 Å². The SMILES string of the molecule is Cc1c(Cl)cccc1C(=O)N1C[C@H]2COC[C@@H]1CN(CC(=O)O)C2. The van der Waals surface area contributed by atoms with Crippen molar-refractivity contribution in [2.75, 3.05) is 39.4 Å². The summed E-state index contributed by atoms with van der Waals surface area (Å²) in [6.07, 6.45) is 0. The number of carboxylic acid groups (broad SMARTS) is 1. The fraction of sp³-hybridized carbons (Fsp3) is 0.529. The maximum Gasteiger partial charge on any atom is 0.317 e. The lowest BCUT2D eigenvalue weighted by Crippen LogP contribution is -2.47. The molecule has 2 aliphatic heterocycles. The quantitative estimate of drug-likeness (QED) is 0.892. The van der Waals surface area contributed by atoms with Gasteiger partial charge in [-0.1, -0.05) is 17.7 Å². The van der Waals surface area contributed by atoms with Crippen LogP contribution in [0.4, 0.5) is 0 Å². The first-order chi connectivity index (χ1) is 11.5. The second-order valence-electron chi connectivity index (χ2n) is 6.52. The summed E-state index contributed by atoms with van der Waals surface area (Å²) in [4.78, 5) is 27.9. The third-order valence-corrected chi connectivity index (χ3v) is 5.07. The molecule has 2 aliphatic rings. The highest BCUT2D eigenvalue weighted by molar-refractivity contribution is 6.31. The first-order valence-electron chi connectivity index (χ1n) is 8.03. The number of benzene rings is 1. The van der Waals surface area contributed by atoms with Gasteiger partial charge in [-0.2, -0.15) is 0 Å². The largest absolute Gasteiger partial charge is 0.480 e. The van der Waals surface area contributed by atoms with E-state index in [-0.39, 0.29) is 24.4 Å².